The van der Waals surface area contributed by atoms with Gasteiger partial charge in [0.1, 0.15) is 0 Å². The normalized spacial score (nSPS) is 11.1. The van der Waals surface area contributed by atoms with Crippen LogP contribution in [0.3, 0.4) is 0 Å². The maximum atomic E-state index is 7.17. The van der Waals surface area contributed by atoms with E-state index in [0.717, 1.165) is 6.61 Å². The Morgan fingerprint density at radius 3 is 1.81 bits per heavy atom. The summed E-state index contributed by atoms with van der Waals surface area (Å²) in [5, 5.41) is 21.5. The van der Waals surface area contributed by atoms with Crippen molar-refractivity contribution in [2.75, 3.05) is 19.8 Å². The number of hydrogen-bond donors (Lipinski definition) is 3. The van der Waals surface area contributed by atoms with E-state index in [-0.39, 0.29) is 5.41 Å². The van der Waals surface area contributed by atoms with Gasteiger partial charge in [0.05, 0.1) is 25.9 Å². The van der Waals surface area contributed by atoms with Crippen LogP contribution in [-0.2, 0) is 9.47 Å². The monoisotopic (exact) mass is 236 g/mol. The molecule has 0 spiro atoms. The van der Waals surface area contributed by atoms with Gasteiger partial charge in [0.2, 0.25) is 0 Å². The molecule has 3 N–H and O–H groups in total. The summed E-state index contributed by atoms with van der Waals surface area (Å²) < 4.78 is 10.8. The van der Waals surface area contributed by atoms with E-state index in [4.69, 9.17) is 24.5 Å². The molecular formula is C10H25BO5. The Balaban J connectivity index is 0. The van der Waals surface area contributed by atoms with E-state index >= 15 is 0 Å². The molecule has 0 bridgehead atoms. The van der Waals surface area contributed by atoms with Crippen molar-refractivity contribution in [1.29, 1.82) is 0 Å². The third-order valence-electron chi connectivity index (χ3n) is 1.21. The van der Waals surface area contributed by atoms with Gasteiger partial charge in [-0.1, -0.05) is 20.8 Å². The number of ether oxygens (including phenoxy) is 2. The average molecular weight is 236 g/mol. The van der Waals surface area contributed by atoms with E-state index in [1.165, 1.54) is 0 Å². The van der Waals surface area contributed by atoms with E-state index in [1.54, 1.807) is 0 Å². The van der Waals surface area contributed by atoms with Crippen LogP contribution in [0.15, 0.2) is 0 Å². The van der Waals surface area contributed by atoms with Gasteiger partial charge in [0.25, 0.3) is 0 Å². The summed E-state index contributed by atoms with van der Waals surface area (Å²) in [7, 11) is -2.17. The summed E-state index contributed by atoms with van der Waals surface area (Å²) in [6.07, 6.45) is 0.309. The van der Waals surface area contributed by atoms with E-state index in [2.05, 4.69) is 20.8 Å². The standard InChI is InChI=1S/C10H22O2.BH3O3/c1-9(2)12-7-6-11-8-10(3,4)5;2-1(3)4/h9H,6-8H2,1-5H3;2-4H. The first-order valence-electron chi connectivity index (χ1n) is 5.38. The van der Waals surface area contributed by atoms with Crippen LogP contribution < -0.4 is 0 Å². The Labute approximate surface area is 98.6 Å². The molecule has 0 unspecified atom stereocenters. The fourth-order valence-corrected chi connectivity index (χ4v) is 0.721. The van der Waals surface area contributed by atoms with E-state index in [9.17, 15) is 0 Å². The third kappa shape index (κ3) is 29.2. The predicted molar refractivity (Wildman–Crippen MR) is 63.8 cm³/mol. The molecule has 0 aromatic heterocycles. The van der Waals surface area contributed by atoms with Gasteiger partial charge in [-0.15, -0.1) is 0 Å². The maximum absolute atomic E-state index is 7.17. The minimum absolute atomic E-state index is 0.262. The van der Waals surface area contributed by atoms with Crippen LogP contribution in [0.5, 0.6) is 0 Å². The summed E-state index contributed by atoms with van der Waals surface area (Å²) in [5.41, 5.74) is 0.262. The van der Waals surface area contributed by atoms with E-state index in [0.29, 0.717) is 19.3 Å². The summed E-state index contributed by atoms with van der Waals surface area (Å²) in [6, 6.07) is 0. The van der Waals surface area contributed by atoms with Crippen molar-refractivity contribution < 1.29 is 24.5 Å². The van der Waals surface area contributed by atoms with Crippen molar-refractivity contribution >= 4 is 7.32 Å². The van der Waals surface area contributed by atoms with Gasteiger partial charge in [-0.05, 0) is 19.3 Å². The molecule has 0 fully saturated rings. The van der Waals surface area contributed by atoms with Crippen molar-refractivity contribution in [2.24, 2.45) is 5.41 Å². The summed E-state index contributed by atoms with van der Waals surface area (Å²) in [6.45, 7) is 12.8. The predicted octanol–water partition coefficient (Wildman–Crippen LogP) is 0.422. The first-order chi connectivity index (χ1) is 7.15. The highest BCUT2D eigenvalue weighted by atomic mass is 16.5. The van der Waals surface area contributed by atoms with Gasteiger partial charge in [-0.3, -0.25) is 0 Å². The Morgan fingerprint density at radius 1 is 1.06 bits per heavy atom. The zero-order valence-electron chi connectivity index (χ0n) is 10.9. The molecule has 0 heterocycles. The zero-order valence-corrected chi connectivity index (χ0v) is 10.9. The lowest BCUT2D eigenvalue weighted by Crippen LogP contribution is -2.17. The second-order valence-corrected chi connectivity index (χ2v) is 4.88. The van der Waals surface area contributed by atoms with Gasteiger partial charge in [0.15, 0.2) is 0 Å². The highest BCUT2D eigenvalue weighted by Gasteiger charge is 2.09. The molecule has 0 aliphatic carbocycles. The Morgan fingerprint density at radius 2 is 1.50 bits per heavy atom. The molecule has 0 saturated heterocycles. The van der Waals surface area contributed by atoms with Crippen LogP contribution in [0.1, 0.15) is 34.6 Å². The molecule has 16 heavy (non-hydrogen) atoms. The third-order valence-corrected chi connectivity index (χ3v) is 1.21. The van der Waals surface area contributed by atoms with Gasteiger partial charge in [-0.25, -0.2) is 0 Å². The molecule has 0 aliphatic rings. The summed E-state index contributed by atoms with van der Waals surface area (Å²) in [5.74, 6) is 0. The Bertz CT molecular complexity index is 142. The first-order valence-corrected chi connectivity index (χ1v) is 5.38. The molecule has 0 atom stereocenters. The molecule has 0 aromatic carbocycles. The van der Waals surface area contributed by atoms with E-state index in [1.807, 2.05) is 13.8 Å². The second kappa shape index (κ2) is 10.0. The van der Waals surface area contributed by atoms with Crippen LogP contribution in [0.4, 0.5) is 0 Å². The fraction of sp³-hybridized carbons (Fsp3) is 1.00. The lowest BCUT2D eigenvalue weighted by molar-refractivity contribution is -0.0000664. The number of hydrogen-bond acceptors (Lipinski definition) is 5. The largest absolute Gasteiger partial charge is 0.631 e. The highest BCUT2D eigenvalue weighted by molar-refractivity contribution is 6.30. The van der Waals surface area contributed by atoms with Crippen molar-refractivity contribution in [2.45, 2.75) is 40.7 Å². The first kappa shape index (κ1) is 18.2. The Hall–Kier alpha value is -0.135. The fourth-order valence-electron chi connectivity index (χ4n) is 0.721. The van der Waals surface area contributed by atoms with Gasteiger partial charge in [0, 0.05) is 0 Å². The van der Waals surface area contributed by atoms with Gasteiger partial charge < -0.3 is 24.5 Å². The van der Waals surface area contributed by atoms with Crippen LogP contribution in [0.2, 0.25) is 0 Å². The molecule has 6 heteroatoms. The number of rotatable bonds is 5. The van der Waals surface area contributed by atoms with Crippen molar-refractivity contribution in [3.63, 3.8) is 0 Å². The zero-order chi connectivity index (χ0) is 13.2. The van der Waals surface area contributed by atoms with Crippen molar-refractivity contribution in [3.05, 3.63) is 0 Å². The van der Waals surface area contributed by atoms with E-state index < -0.39 is 7.32 Å². The minimum Gasteiger partial charge on any atom is -0.402 e. The molecule has 0 aliphatic heterocycles. The van der Waals surface area contributed by atoms with Crippen LogP contribution >= 0.6 is 0 Å². The smallest absolute Gasteiger partial charge is 0.402 e. The van der Waals surface area contributed by atoms with Crippen LogP contribution in [-0.4, -0.2) is 48.3 Å². The molecule has 0 amide bonds. The average Bonchev–Trinajstić information content (AvgIpc) is 1.99. The molecule has 0 saturated carbocycles. The summed E-state index contributed by atoms with van der Waals surface area (Å²) >= 11 is 0. The van der Waals surface area contributed by atoms with Gasteiger partial charge in [-0.2, -0.15) is 0 Å². The maximum Gasteiger partial charge on any atom is 0.631 e. The molecule has 98 valence electrons. The molecule has 0 rings (SSSR count). The lowest BCUT2D eigenvalue weighted by Gasteiger charge is -2.18. The molecule has 0 radical (unpaired) electrons. The molecule has 0 aromatic rings. The second-order valence-electron chi connectivity index (χ2n) is 4.88. The quantitative estimate of drug-likeness (QED) is 0.476. The Kier molecular flexibility index (Phi) is 11.5. The minimum atomic E-state index is -2.17. The molecule has 5 nitrogen and oxygen atoms in total. The van der Waals surface area contributed by atoms with Crippen molar-refractivity contribution in [1.82, 2.24) is 0 Å². The summed E-state index contributed by atoms with van der Waals surface area (Å²) in [4.78, 5) is 0. The van der Waals surface area contributed by atoms with Crippen molar-refractivity contribution in [3.8, 4) is 0 Å². The topological polar surface area (TPSA) is 79.2 Å². The lowest BCUT2D eigenvalue weighted by atomic mass is 9.99. The van der Waals surface area contributed by atoms with Crippen LogP contribution in [0, 0.1) is 5.41 Å². The molecular weight excluding hydrogens is 211 g/mol. The van der Waals surface area contributed by atoms with Crippen LogP contribution in [0.25, 0.3) is 0 Å². The highest BCUT2D eigenvalue weighted by Crippen LogP contribution is 2.12. The van der Waals surface area contributed by atoms with Gasteiger partial charge >= 0.3 is 7.32 Å². The SMILES string of the molecule is CC(C)OCCOCC(C)(C)C.OB(O)O.